The summed E-state index contributed by atoms with van der Waals surface area (Å²) in [7, 11) is -2.30. The van der Waals surface area contributed by atoms with Gasteiger partial charge in [-0.1, -0.05) is 20.8 Å². The molecule has 0 aromatic carbocycles. The molecule has 0 amide bonds. The van der Waals surface area contributed by atoms with E-state index < -0.39 is 49.9 Å². The largest absolute Gasteiger partial charge is 0.408 e. The highest BCUT2D eigenvalue weighted by Gasteiger charge is 2.67. The molecule has 2 unspecified atom stereocenters. The number of ether oxygens (including phenoxy) is 2. The van der Waals surface area contributed by atoms with Crippen molar-refractivity contribution in [2.75, 3.05) is 6.61 Å². The average Bonchev–Trinajstić information content (AvgIpc) is 3.03. The Morgan fingerprint density at radius 3 is 2.56 bits per heavy atom. The minimum atomic E-state index is -2.30. The quantitative estimate of drug-likeness (QED) is 0.488. The van der Waals surface area contributed by atoms with Crippen molar-refractivity contribution in [3.63, 3.8) is 0 Å². The first-order valence-corrected chi connectivity index (χ1v) is 11.9. The average molecular weight is 401 g/mol. The number of aromatic nitrogens is 2. The Labute approximate surface area is 158 Å². The summed E-state index contributed by atoms with van der Waals surface area (Å²) in [6.07, 6.45) is -2.84. The Morgan fingerprint density at radius 2 is 2.00 bits per heavy atom. The van der Waals surface area contributed by atoms with E-state index in [1.165, 1.54) is 10.8 Å². The van der Waals surface area contributed by atoms with Gasteiger partial charge in [-0.2, -0.15) is 0 Å². The maximum atomic E-state index is 12.3. The maximum absolute atomic E-state index is 12.3. The van der Waals surface area contributed by atoms with Crippen LogP contribution in [0, 0.1) is 6.92 Å². The highest BCUT2D eigenvalue weighted by molar-refractivity contribution is 6.74. The lowest BCUT2D eigenvalue weighted by molar-refractivity contribution is -0.258. The zero-order valence-corrected chi connectivity index (χ0v) is 17.5. The summed E-state index contributed by atoms with van der Waals surface area (Å²) >= 11 is 0. The highest BCUT2D eigenvalue weighted by Crippen LogP contribution is 2.50. The zero-order chi connectivity index (χ0) is 20.4. The Hall–Kier alpha value is -1.30. The SMILES string of the molecule is Cc1cn([C@@H]2O[C@@]3(C(O)O)COC2C3O[Si](C)(C)C(C)(C)C)c(=O)[nH]c1=O. The third-order valence-electron chi connectivity index (χ3n) is 5.99. The van der Waals surface area contributed by atoms with E-state index in [0.29, 0.717) is 5.56 Å². The number of nitrogens with zero attached hydrogens (tertiary/aromatic N) is 1. The lowest BCUT2D eigenvalue weighted by Gasteiger charge is -2.41. The normalized spacial score (nSPS) is 31.1. The number of aliphatic hydroxyl groups is 2. The van der Waals surface area contributed by atoms with Gasteiger partial charge in [0.15, 0.2) is 26.4 Å². The van der Waals surface area contributed by atoms with Gasteiger partial charge in [0.05, 0.1) is 6.61 Å². The van der Waals surface area contributed by atoms with Crippen LogP contribution in [0.15, 0.2) is 15.8 Å². The van der Waals surface area contributed by atoms with Crippen LogP contribution in [0.25, 0.3) is 0 Å². The number of aromatic amines is 1. The van der Waals surface area contributed by atoms with E-state index in [1.807, 2.05) is 13.1 Å². The summed E-state index contributed by atoms with van der Waals surface area (Å²) < 4.78 is 19.4. The van der Waals surface area contributed by atoms with E-state index in [2.05, 4.69) is 25.8 Å². The van der Waals surface area contributed by atoms with Crippen molar-refractivity contribution in [2.24, 2.45) is 0 Å². The summed E-state index contributed by atoms with van der Waals surface area (Å²) in [6, 6.07) is 0. The van der Waals surface area contributed by atoms with Gasteiger partial charge >= 0.3 is 5.69 Å². The number of hydrogen-bond donors (Lipinski definition) is 3. The fourth-order valence-electron chi connectivity index (χ4n) is 3.23. The van der Waals surface area contributed by atoms with Crippen molar-refractivity contribution in [3.8, 4) is 0 Å². The van der Waals surface area contributed by atoms with Crippen LogP contribution in [0.4, 0.5) is 0 Å². The van der Waals surface area contributed by atoms with Gasteiger partial charge in [-0.3, -0.25) is 14.3 Å². The molecule has 2 fully saturated rings. The molecule has 4 atom stereocenters. The molecule has 3 rings (SSSR count). The van der Waals surface area contributed by atoms with Crippen LogP contribution in [0.2, 0.25) is 18.1 Å². The molecule has 2 aliphatic rings. The predicted octanol–water partition coefficient (Wildman–Crippen LogP) is 0.213. The van der Waals surface area contributed by atoms with E-state index in [4.69, 9.17) is 13.9 Å². The summed E-state index contributed by atoms with van der Waals surface area (Å²) in [5.74, 6) is 0. The van der Waals surface area contributed by atoms with Crippen molar-refractivity contribution in [1.29, 1.82) is 0 Å². The van der Waals surface area contributed by atoms with E-state index in [0.717, 1.165) is 0 Å². The van der Waals surface area contributed by atoms with Gasteiger partial charge in [-0.05, 0) is 25.1 Å². The monoisotopic (exact) mass is 400 g/mol. The first-order chi connectivity index (χ1) is 12.3. The van der Waals surface area contributed by atoms with Crippen LogP contribution < -0.4 is 11.2 Å². The van der Waals surface area contributed by atoms with Crippen molar-refractivity contribution >= 4 is 8.32 Å². The number of rotatable bonds is 4. The third-order valence-corrected chi connectivity index (χ3v) is 10.4. The van der Waals surface area contributed by atoms with E-state index >= 15 is 0 Å². The molecule has 2 aliphatic heterocycles. The molecule has 1 aromatic heterocycles. The number of hydrogen-bond acceptors (Lipinski definition) is 7. The van der Waals surface area contributed by atoms with Crippen molar-refractivity contribution in [1.82, 2.24) is 9.55 Å². The Balaban J connectivity index is 2.03. The van der Waals surface area contributed by atoms with Crippen LogP contribution in [-0.4, -0.2) is 58.8 Å². The molecule has 10 heteroatoms. The molecule has 2 saturated heterocycles. The molecule has 27 heavy (non-hydrogen) atoms. The Kier molecular flexibility index (Phi) is 4.81. The van der Waals surface area contributed by atoms with Crippen molar-refractivity contribution < 1.29 is 24.1 Å². The Bertz CT molecular complexity index is 841. The van der Waals surface area contributed by atoms with Gasteiger partial charge in [0, 0.05) is 11.8 Å². The molecule has 152 valence electrons. The van der Waals surface area contributed by atoms with Crippen LogP contribution >= 0.6 is 0 Å². The lowest BCUT2D eigenvalue weighted by Crippen LogP contribution is -2.56. The molecular formula is C17H28N2O7Si. The molecule has 0 saturated carbocycles. The second-order valence-electron chi connectivity index (χ2n) is 8.89. The zero-order valence-electron chi connectivity index (χ0n) is 16.5. The van der Waals surface area contributed by atoms with Crippen LogP contribution in [-0.2, 0) is 13.9 Å². The summed E-state index contributed by atoms with van der Waals surface area (Å²) in [5, 5.41) is 20.0. The molecule has 9 nitrogen and oxygen atoms in total. The molecule has 1 aromatic rings. The Morgan fingerprint density at radius 1 is 1.37 bits per heavy atom. The molecule has 3 heterocycles. The van der Waals surface area contributed by atoms with Gasteiger partial charge in [0.2, 0.25) is 0 Å². The number of nitrogens with one attached hydrogen (secondary N) is 1. The number of H-pyrrole nitrogens is 1. The number of fused-ring (bicyclic) bond motifs is 2. The second-order valence-corrected chi connectivity index (χ2v) is 13.6. The highest BCUT2D eigenvalue weighted by atomic mass is 28.4. The van der Waals surface area contributed by atoms with Crippen LogP contribution in [0.1, 0.15) is 32.6 Å². The van der Waals surface area contributed by atoms with Gasteiger partial charge in [0.25, 0.3) is 5.56 Å². The maximum Gasteiger partial charge on any atom is 0.330 e. The minimum Gasteiger partial charge on any atom is -0.408 e. The fourth-order valence-corrected chi connectivity index (χ4v) is 4.55. The first kappa shape index (κ1) is 20.4. The van der Waals surface area contributed by atoms with E-state index in [1.54, 1.807) is 6.92 Å². The van der Waals surface area contributed by atoms with Gasteiger partial charge in [-0.15, -0.1) is 0 Å². The molecule has 0 radical (unpaired) electrons. The van der Waals surface area contributed by atoms with Crippen LogP contribution in [0.3, 0.4) is 0 Å². The van der Waals surface area contributed by atoms with Crippen molar-refractivity contribution in [2.45, 2.75) is 76.2 Å². The van der Waals surface area contributed by atoms with Crippen molar-refractivity contribution in [3.05, 3.63) is 32.6 Å². The topological polar surface area (TPSA) is 123 Å². The van der Waals surface area contributed by atoms with Gasteiger partial charge < -0.3 is 24.1 Å². The summed E-state index contributed by atoms with van der Waals surface area (Å²) in [5.41, 5.74) is -2.29. The number of aryl methyl sites for hydroxylation is 1. The second kappa shape index (κ2) is 6.36. The predicted molar refractivity (Wildman–Crippen MR) is 98.9 cm³/mol. The first-order valence-electron chi connectivity index (χ1n) is 8.95. The van der Waals surface area contributed by atoms with Crippen LogP contribution in [0.5, 0.6) is 0 Å². The molecule has 2 bridgehead atoms. The number of aliphatic hydroxyl groups excluding tert-OH is 1. The van der Waals surface area contributed by atoms with E-state index in [-0.39, 0.29) is 11.6 Å². The third kappa shape index (κ3) is 3.14. The fraction of sp³-hybridized carbons (Fsp3) is 0.765. The smallest absolute Gasteiger partial charge is 0.330 e. The lowest BCUT2D eigenvalue weighted by atomic mass is 9.99. The molecule has 3 N–H and O–H groups in total. The minimum absolute atomic E-state index is 0.0534. The molecule has 0 spiro atoms. The molecule has 0 aliphatic carbocycles. The van der Waals surface area contributed by atoms with Gasteiger partial charge in [0.1, 0.15) is 12.2 Å². The van der Waals surface area contributed by atoms with E-state index in [9.17, 15) is 19.8 Å². The van der Waals surface area contributed by atoms with Gasteiger partial charge in [-0.25, -0.2) is 4.79 Å². The standard InChI is InChI=1S/C17H28N2O7Si/c1-9-7-19(15(23)18-12(9)20)13-10-11(26-27(5,6)16(2,3)4)17(25-13,8-24-10)14(21)22/h7,10-11,13-14,21-22H,8H2,1-6H3,(H,18,20,23)/t10?,11?,13-,17+/m1/s1. The summed E-state index contributed by atoms with van der Waals surface area (Å²) in [6.45, 7) is 11.8. The molecular weight excluding hydrogens is 372 g/mol. The summed E-state index contributed by atoms with van der Waals surface area (Å²) in [4.78, 5) is 26.2.